The molecule has 136 valence electrons. The summed E-state index contributed by atoms with van der Waals surface area (Å²) in [7, 11) is 0.591. The van der Waals surface area contributed by atoms with Crippen LogP contribution in [-0.4, -0.2) is 56.8 Å². The molecular weight excluding hydrogens is 326 g/mol. The zero-order chi connectivity index (χ0) is 18.6. The van der Waals surface area contributed by atoms with Crippen molar-refractivity contribution >= 4 is 22.1 Å². The number of amides is 1. The Hall–Kier alpha value is -1.95. The van der Waals surface area contributed by atoms with Gasteiger partial charge >= 0.3 is 12.1 Å². The van der Waals surface area contributed by atoms with Gasteiger partial charge in [0, 0.05) is 12.3 Å². The maximum absolute atomic E-state index is 12.0. The molecule has 0 aromatic heterocycles. The molecule has 0 aliphatic rings. The third kappa shape index (κ3) is 9.94. The van der Waals surface area contributed by atoms with E-state index in [0.717, 1.165) is 5.75 Å². The van der Waals surface area contributed by atoms with Gasteiger partial charge in [-0.3, -0.25) is 4.79 Å². The zero-order valence-electron chi connectivity index (χ0n) is 15.0. The monoisotopic (exact) mass is 355 g/mol. The summed E-state index contributed by atoms with van der Waals surface area (Å²) < 4.78 is 9.96. The average Bonchev–Trinajstić information content (AvgIpc) is 2.50. The van der Waals surface area contributed by atoms with E-state index in [1.165, 1.54) is 7.11 Å². The summed E-state index contributed by atoms with van der Waals surface area (Å²) >= 11 is 0. The number of hydrogen-bond donors (Lipinski definition) is 1. The standard InChI is InChI=1S/C18H29NO4S/c1-7-9-11-15(10-8-2)16(17(20)22-3)14-19-18(21)23-12-13-24(4,5)6/h7-11,16H,1-2,12-14H2,3-6H3,(H,19,21)/b11-9-,15-10+. The molecule has 0 aliphatic heterocycles. The minimum Gasteiger partial charge on any atom is -0.468 e. The van der Waals surface area contributed by atoms with Crippen molar-refractivity contribution in [2.45, 2.75) is 0 Å². The molecule has 5 nitrogen and oxygen atoms in total. The van der Waals surface area contributed by atoms with E-state index in [2.05, 4.69) is 37.2 Å². The van der Waals surface area contributed by atoms with Gasteiger partial charge in [-0.05, 0) is 24.3 Å². The molecule has 0 aromatic rings. The third-order valence-electron chi connectivity index (χ3n) is 3.00. The van der Waals surface area contributed by atoms with Crippen LogP contribution < -0.4 is 5.32 Å². The van der Waals surface area contributed by atoms with Crippen LogP contribution in [0.5, 0.6) is 0 Å². The average molecular weight is 356 g/mol. The number of carbonyl (C=O) groups is 2. The quantitative estimate of drug-likeness (QED) is 0.483. The highest BCUT2D eigenvalue weighted by atomic mass is 32.3. The fraction of sp³-hybridized carbons (Fsp3) is 0.444. The molecule has 0 heterocycles. The van der Waals surface area contributed by atoms with Gasteiger partial charge in [-0.15, -0.1) is 0 Å². The topological polar surface area (TPSA) is 64.6 Å². The lowest BCUT2D eigenvalue weighted by molar-refractivity contribution is -0.143. The molecule has 0 saturated heterocycles. The number of esters is 1. The van der Waals surface area contributed by atoms with E-state index in [0.29, 0.717) is 12.2 Å². The molecule has 0 fully saturated rings. The molecule has 0 bridgehead atoms. The van der Waals surface area contributed by atoms with Gasteiger partial charge < -0.3 is 14.8 Å². The summed E-state index contributed by atoms with van der Waals surface area (Å²) in [6.45, 7) is 7.68. The highest BCUT2D eigenvalue weighted by Gasteiger charge is 2.23. The van der Waals surface area contributed by atoms with Crippen LogP contribution in [0.3, 0.4) is 0 Å². The summed E-state index contributed by atoms with van der Waals surface area (Å²) in [5.74, 6) is -0.258. The number of alkyl carbamates (subject to hydrolysis) is 1. The minimum atomic E-state index is -0.717. The van der Waals surface area contributed by atoms with Crippen molar-refractivity contribution in [2.75, 3.05) is 44.8 Å². The van der Waals surface area contributed by atoms with Crippen molar-refractivity contribution in [3.63, 3.8) is 0 Å². The van der Waals surface area contributed by atoms with Crippen molar-refractivity contribution in [2.24, 2.45) is 5.92 Å². The molecule has 1 amide bonds. The van der Waals surface area contributed by atoms with Crippen LogP contribution in [0.2, 0.25) is 0 Å². The fourth-order valence-electron chi connectivity index (χ4n) is 1.70. The highest BCUT2D eigenvalue weighted by molar-refractivity contribution is 8.32. The van der Waals surface area contributed by atoms with Gasteiger partial charge in [0.1, 0.15) is 6.61 Å². The molecule has 0 spiro atoms. The second-order valence-electron chi connectivity index (χ2n) is 5.88. The molecule has 0 rings (SSSR count). The lowest BCUT2D eigenvalue weighted by Crippen LogP contribution is -2.35. The number of carbonyl (C=O) groups excluding carboxylic acids is 2. The van der Waals surface area contributed by atoms with Gasteiger partial charge in [-0.1, -0.05) is 43.5 Å². The highest BCUT2D eigenvalue weighted by Crippen LogP contribution is 2.33. The summed E-state index contributed by atoms with van der Waals surface area (Å²) in [6.07, 6.45) is 14.2. The molecule has 0 aliphatic carbocycles. The van der Waals surface area contributed by atoms with Gasteiger partial charge in [0.15, 0.2) is 0 Å². The van der Waals surface area contributed by atoms with Crippen molar-refractivity contribution in [3.8, 4) is 0 Å². The zero-order valence-corrected chi connectivity index (χ0v) is 15.9. The molecule has 6 heteroatoms. The van der Waals surface area contributed by atoms with Crippen molar-refractivity contribution in [3.05, 3.63) is 49.1 Å². The van der Waals surface area contributed by atoms with Crippen LogP contribution >= 0.6 is 10.0 Å². The second-order valence-corrected chi connectivity index (χ2v) is 10.5. The number of methoxy groups -OCH3 is 1. The van der Waals surface area contributed by atoms with E-state index >= 15 is 0 Å². The number of ether oxygens (including phenoxy) is 2. The molecule has 24 heavy (non-hydrogen) atoms. The predicted molar refractivity (Wildman–Crippen MR) is 103 cm³/mol. The number of allylic oxidation sites excluding steroid dienone is 5. The molecular formula is C18H29NO4S. The van der Waals surface area contributed by atoms with Crippen molar-refractivity contribution in [1.82, 2.24) is 5.32 Å². The largest absolute Gasteiger partial charge is 0.468 e. The maximum atomic E-state index is 12.0. The Bertz CT molecular complexity index is 504. The van der Waals surface area contributed by atoms with Gasteiger partial charge in [-0.25, -0.2) is 14.8 Å². The second kappa shape index (κ2) is 11.6. The summed E-state index contributed by atoms with van der Waals surface area (Å²) in [5.41, 5.74) is 0.663. The molecule has 0 radical (unpaired) electrons. The third-order valence-corrected chi connectivity index (χ3v) is 4.39. The number of rotatable bonds is 10. The van der Waals surface area contributed by atoms with Crippen LogP contribution in [0, 0.1) is 5.92 Å². The Kier molecular flexibility index (Phi) is 10.6. The van der Waals surface area contributed by atoms with Gasteiger partial charge in [0.25, 0.3) is 0 Å². The lowest BCUT2D eigenvalue weighted by Gasteiger charge is -2.24. The lowest BCUT2D eigenvalue weighted by atomic mass is 9.98. The first-order valence-electron chi connectivity index (χ1n) is 7.51. The first-order chi connectivity index (χ1) is 11.2. The number of hydrogen-bond acceptors (Lipinski definition) is 4. The number of nitrogens with one attached hydrogen (secondary N) is 1. The summed E-state index contributed by atoms with van der Waals surface area (Å²) in [6, 6.07) is 0. The van der Waals surface area contributed by atoms with E-state index < -0.39 is 28.0 Å². The van der Waals surface area contributed by atoms with E-state index in [1.807, 2.05) is 0 Å². The Labute approximate surface area is 146 Å². The van der Waals surface area contributed by atoms with Crippen molar-refractivity contribution < 1.29 is 19.1 Å². The van der Waals surface area contributed by atoms with Crippen LogP contribution in [0.15, 0.2) is 49.1 Å². The first-order valence-corrected chi connectivity index (χ1v) is 10.5. The fourth-order valence-corrected chi connectivity index (χ4v) is 2.29. The summed E-state index contributed by atoms with van der Waals surface area (Å²) in [4.78, 5) is 23.8. The SMILES string of the molecule is C=C/C=C\C(=C/C=C)C(CNC(=O)OCCS(C)(C)C)C(=O)OC. The van der Waals surface area contributed by atoms with Gasteiger partial charge in [0.05, 0.1) is 13.0 Å². The van der Waals surface area contributed by atoms with E-state index in [9.17, 15) is 9.59 Å². The first kappa shape index (κ1) is 22.1. The van der Waals surface area contributed by atoms with Gasteiger partial charge in [-0.2, -0.15) is 0 Å². The molecule has 1 atom stereocenters. The normalized spacial score (nSPS) is 13.9. The van der Waals surface area contributed by atoms with E-state index in [4.69, 9.17) is 9.47 Å². The van der Waals surface area contributed by atoms with Crippen LogP contribution in [0.1, 0.15) is 0 Å². The maximum Gasteiger partial charge on any atom is 0.407 e. The Balaban J connectivity index is 4.79. The molecule has 1 N–H and O–H groups in total. The molecule has 0 aromatic carbocycles. The smallest absolute Gasteiger partial charge is 0.407 e. The van der Waals surface area contributed by atoms with Crippen LogP contribution in [0.4, 0.5) is 4.79 Å². The Morgan fingerprint density at radius 2 is 1.88 bits per heavy atom. The van der Waals surface area contributed by atoms with Crippen molar-refractivity contribution in [1.29, 1.82) is 0 Å². The molecule has 1 unspecified atom stereocenters. The Morgan fingerprint density at radius 3 is 2.38 bits per heavy atom. The predicted octanol–water partition coefficient (Wildman–Crippen LogP) is 3.05. The van der Waals surface area contributed by atoms with E-state index in [-0.39, 0.29) is 6.54 Å². The molecule has 0 saturated carbocycles. The van der Waals surface area contributed by atoms with Crippen LogP contribution in [-0.2, 0) is 14.3 Å². The minimum absolute atomic E-state index is 0.0784. The van der Waals surface area contributed by atoms with Crippen LogP contribution in [0.25, 0.3) is 0 Å². The Morgan fingerprint density at radius 1 is 1.21 bits per heavy atom. The summed E-state index contributed by atoms with van der Waals surface area (Å²) in [5, 5.41) is 2.61. The van der Waals surface area contributed by atoms with Gasteiger partial charge in [0.2, 0.25) is 0 Å². The van der Waals surface area contributed by atoms with E-state index in [1.54, 1.807) is 30.4 Å².